The first-order valence-corrected chi connectivity index (χ1v) is 7.97. The van der Waals surface area contributed by atoms with Crippen molar-refractivity contribution in [2.75, 3.05) is 13.7 Å². The van der Waals surface area contributed by atoms with Crippen molar-refractivity contribution in [1.29, 1.82) is 0 Å². The van der Waals surface area contributed by atoms with Gasteiger partial charge in [-0.25, -0.2) is 0 Å². The summed E-state index contributed by atoms with van der Waals surface area (Å²) in [5.41, 5.74) is 0.605. The van der Waals surface area contributed by atoms with Crippen LogP contribution in [-0.2, 0) is 16.0 Å². The lowest BCUT2D eigenvalue weighted by Crippen LogP contribution is -2.58. The Bertz CT molecular complexity index is 617. The minimum Gasteiger partial charge on any atom is -0.497 e. The second-order valence-corrected chi connectivity index (χ2v) is 6.10. The molecular weight excluding hydrogens is 337 g/mol. The van der Waals surface area contributed by atoms with Crippen LogP contribution in [0.2, 0.25) is 0 Å². The Kier molecular flexibility index (Phi) is 5.92. The molecule has 1 aromatic rings. The van der Waals surface area contributed by atoms with Crippen molar-refractivity contribution in [2.24, 2.45) is 0 Å². The molecule has 1 N–H and O–H groups in total. The predicted molar refractivity (Wildman–Crippen MR) is 85.1 cm³/mol. The van der Waals surface area contributed by atoms with Crippen LogP contribution >= 0.6 is 0 Å². The number of likely N-dealkylation sites (tertiary alicyclic amines) is 1. The van der Waals surface area contributed by atoms with E-state index in [4.69, 9.17) is 4.74 Å². The smallest absolute Gasteiger partial charge is 0.408 e. The number of hydrogen-bond acceptors (Lipinski definition) is 3. The maximum atomic E-state index is 13.3. The van der Waals surface area contributed by atoms with E-state index in [0.29, 0.717) is 11.3 Å². The Morgan fingerprint density at radius 1 is 1.24 bits per heavy atom. The van der Waals surface area contributed by atoms with Crippen LogP contribution in [0.5, 0.6) is 5.75 Å². The highest BCUT2D eigenvalue weighted by molar-refractivity contribution is 5.79. The molecule has 0 saturated carbocycles. The van der Waals surface area contributed by atoms with E-state index in [2.05, 4.69) is 5.32 Å². The van der Waals surface area contributed by atoms with Crippen LogP contribution in [0, 0.1) is 0 Å². The van der Waals surface area contributed by atoms with Crippen LogP contribution in [0.25, 0.3) is 0 Å². The average Bonchev–Trinajstić information content (AvgIpc) is 2.54. The molecule has 0 radical (unpaired) electrons. The minimum atomic E-state index is -4.49. The number of ether oxygens (including phenoxy) is 1. The van der Waals surface area contributed by atoms with Crippen LogP contribution in [0.1, 0.15) is 25.3 Å². The summed E-state index contributed by atoms with van der Waals surface area (Å²) >= 11 is 0. The lowest BCUT2D eigenvalue weighted by molar-refractivity contribution is -0.197. The SMILES string of the molecule is COc1ccc(CC(=O)N2C[C@@H](NC(C)=O)CC[C@H]2C(F)(F)F)cc1. The van der Waals surface area contributed by atoms with Crippen molar-refractivity contribution in [2.45, 2.75) is 44.4 Å². The number of amides is 2. The molecule has 0 aliphatic carbocycles. The number of halogens is 3. The fourth-order valence-electron chi connectivity index (χ4n) is 3.01. The van der Waals surface area contributed by atoms with Gasteiger partial charge in [0.2, 0.25) is 11.8 Å². The lowest BCUT2D eigenvalue weighted by Gasteiger charge is -2.40. The second-order valence-electron chi connectivity index (χ2n) is 6.10. The van der Waals surface area contributed by atoms with E-state index in [1.165, 1.54) is 14.0 Å². The number of nitrogens with one attached hydrogen (secondary N) is 1. The number of methoxy groups -OCH3 is 1. The van der Waals surface area contributed by atoms with E-state index in [1.54, 1.807) is 24.3 Å². The summed E-state index contributed by atoms with van der Waals surface area (Å²) in [6, 6.07) is 4.32. The molecule has 2 atom stereocenters. The Morgan fingerprint density at radius 2 is 1.88 bits per heavy atom. The molecule has 2 amide bonds. The number of carbonyl (C=O) groups is 2. The van der Waals surface area contributed by atoms with Crippen molar-refractivity contribution < 1.29 is 27.5 Å². The van der Waals surface area contributed by atoms with Gasteiger partial charge in [0.15, 0.2) is 0 Å². The average molecular weight is 358 g/mol. The lowest BCUT2D eigenvalue weighted by atomic mass is 9.96. The van der Waals surface area contributed by atoms with Crippen LogP contribution in [-0.4, -0.2) is 48.6 Å². The van der Waals surface area contributed by atoms with Gasteiger partial charge in [0.05, 0.1) is 13.5 Å². The molecule has 138 valence electrons. The van der Waals surface area contributed by atoms with Gasteiger partial charge < -0.3 is 15.0 Å². The number of hydrogen-bond donors (Lipinski definition) is 1. The molecule has 25 heavy (non-hydrogen) atoms. The van der Waals surface area contributed by atoms with Crippen molar-refractivity contribution in [1.82, 2.24) is 10.2 Å². The highest BCUT2D eigenvalue weighted by Crippen LogP contribution is 2.32. The molecule has 8 heteroatoms. The predicted octanol–water partition coefficient (Wildman–Crippen LogP) is 2.30. The van der Waals surface area contributed by atoms with E-state index in [0.717, 1.165) is 4.90 Å². The first-order chi connectivity index (χ1) is 11.7. The van der Waals surface area contributed by atoms with Gasteiger partial charge in [0.25, 0.3) is 0 Å². The normalized spacial score (nSPS) is 20.9. The molecule has 0 spiro atoms. The first-order valence-electron chi connectivity index (χ1n) is 7.97. The fraction of sp³-hybridized carbons (Fsp3) is 0.529. The third-order valence-corrected chi connectivity index (χ3v) is 4.20. The molecule has 1 saturated heterocycles. The van der Waals surface area contributed by atoms with Gasteiger partial charge >= 0.3 is 6.18 Å². The Hall–Kier alpha value is -2.25. The summed E-state index contributed by atoms with van der Waals surface area (Å²) in [5, 5.41) is 2.60. The summed E-state index contributed by atoms with van der Waals surface area (Å²) < 4.78 is 44.9. The van der Waals surface area contributed by atoms with Crippen LogP contribution in [0.4, 0.5) is 13.2 Å². The quantitative estimate of drug-likeness (QED) is 0.899. The third kappa shape index (κ3) is 5.11. The molecule has 1 aromatic carbocycles. The first kappa shape index (κ1) is 19.1. The van der Waals surface area contributed by atoms with Crippen LogP contribution in [0.3, 0.4) is 0 Å². The van der Waals surface area contributed by atoms with Gasteiger partial charge in [-0.05, 0) is 30.5 Å². The van der Waals surface area contributed by atoms with Crippen molar-refractivity contribution >= 4 is 11.8 Å². The number of alkyl halides is 3. The summed E-state index contributed by atoms with van der Waals surface area (Å²) in [4.78, 5) is 24.5. The second kappa shape index (κ2) is 7.76. The molecule has 1 heterocycles. The fourth-order valence-corrected chi connectivity index (χ4v) is 3.01. The monoisotopic (exact) mass is 358 g/mol. The Labute approximate surface area is 144 Å². The topological polar surface area (TPSA) is 58.6 Å². The molecule has 1 aliphatic heterocycles. The molecular formula is C17H21F3N2O3. The van der Waals surface area contributed by atoms with E-state index in [9.17, 15) is 22.8 Å². The minimum absolute atomic E-state index is 0.136. The van der Waals surface area contributed by atoms with Gasteiger partial charge in [0.1, 0.15) is 11.8 Å². The van der Waals surface area contributed by atoms with Gasteiger partial charge in [-0.1, -0.05) is 12.1 Å². The molecule has 0 aromatic heterocycles. The Morgan fingerprint density at radius 3 is 2.40 bits per heavy atom. The van der Waals surface area contributed by atoms with Gasteiger partial charge in [-0.2, -0.15) is 13.2 Å². The Balaban J connectivity index is 2.13. The van der Waals surface area contributed by atoms with Gasteiger partial charge in [-0.3, -0.25) is 9.59 Å². The summed E-state index contributed by atoms with van der Waals surface area (Å²) in [6.07, 6.45) is -4.65. The zero-order chi connectivity index (χ0) is 18.6. The summed E-state index contributed by atoms with van der Waals surface area (Å²) in [6.45, 7) is 1.16. The number of benzene rings is 1. The maximum Gasteiger partial charge on any atom is 0.408 e. The van der Waals surface area contributed by atoms with E-state index in [-0.39, 0.29) is 31.7 Å². The van der Waals surface area contributed by atoms with E-state index >= 15 is 0 Å². The zero-order valence-corrected chi connectivity index (χ0v) is 14.1. The standard InChI is InChI=1S/C17H21F3N2O3/c1-11(23)21-13-5-8-15(17(18,19)20)22(10-13)16(24)9-12-3-6-14(25-2)7-4-12/h3-4,6-7,13,15H,5,8-10H2,1-2H3,(H,21,23)/t13-,15-/m0/s1. The maximum absolute atomic E-state index is 13.3. The number of carbonyl (C=O) groups excluding carboxylic acids is 2. The summed E-state index contributed by atoms with van der Waals surface area (Å²) in [5.74, 6) is -0.325. The molecule has 1 aliphatic rings. The van der Waals surface area contributed by atoms with Crippen molar-refractivity contribution in [3.8, 4) is 5.75 Å². The third-order valence-electron chi connectivity index (χ3n) is 4.20. The number of rotatable bonds is 4. The number of piperidine rings is 1. The largest absolute Gasteiger partial charge is 0.497 e. The molecule has 0 bridgehead atoms. The molecule has 1 fully saturated rings. The van der Waals surface area contributed by atoms with Crippen LogP contribution in [0.15, 0.2) is 24.3 Å². The van der Waals surface area contributed by atoms with Crippen molar-refractivity contribution in [3.05, 3.63) is 29.8 Å². The summed E-state index contributed by atoms with van der Waals surface area (Å²) in [7, 11) is 1.50. The highest BCUT2D eigenvalue weighted by atomic mass is 19.4. The highest BCUT2D eigenvalue weighted by Gasteiger charge is 2.47. The van der Waals surface area contributed by atoms with Gasteiger partial charge in [-0.15, -0.1) is 0 Å². The molecule has 5 nitrogen and oxygen atoms in total. The molecule has 0 unspecified atom stereocenters. The van der Waals surface area contributed by atoms with E-state index in [1.807, 2.05) is 0 Å². The zero-order valence-electron chi connectivity index (χ0n) is 14.1. The molecule has 2 rings (SSSR count). The van der Waals surface area contributed by atoms with Crippen LogP contribution < -0.4 is 10.1 Å². The number of nitrogens with zero attached hydrogens (tertiary/aromatic N) is 1. The van der Waals surface area contributed by atoms with Crippen molar-refractivity contribution in [3.63, 3.8) is 0 Å². The van der Waals surface area contributed by atoms with E-state index < -0.39 is 24.2 Å². The van der Waals surface area contributed by atoms with Gasteiger partial charge in [0, 0.05) is 19.5 Å².